The Hall–Kier alpha value is -1.42. The molecule has 0 saturated heterocycles. The first-order valence-electron chi connectivity index (χ1n) is 5.86. The lowest BCUT2D eigenvalue weighted by Crippen LogP contribution is -2.27. The number of carbonyl (C=O) groups excluding carboxylic acids is 1. The van der Waals surface area contributed by atoms with Gasteiger partial charge < -0.3 is 10.6 Å². The summed E-state index contributed by atoms with van der Waals surface area (Å²) in [5.74, 6) is -0.398. The molecule has 0 unspecified atom stereocenters. The predicted octanol–water partition coefficient (Wildman–Crippen LogP) is 2.03. The fraction of sp³-hybridized carbons (Fsp3) is 0.462. The zero-order valence-electron chi connectivity index (χ0n) is 10.2. The van der Waals surface area contributed by atoms with E-state index in [4.69, 9.17) is 5.73 Å². The minimum Gasteiger partial charge on any atom is -0.342 e. The second kappa shape index (κ2) is 7.01. The lowest BCUT2D eigenvalue weighted by molar-refractivity contribution is 0.0792. The van der Waals surface area contributed by atoms with Gasteiger partial charge in [0, 0.05) is 19.2 Å². The zero-order valence-corrected chi connectivity index (χ0v) is 10.2. The highest BCUT2D eigenvalue weighted by Crippen LogP contribution is 2.07. The summed E-state index contributed by atoms with van der Waals surface area (Å²) in [6, 6.07) is 5.62. The minimum absolute atomic E-state index is 0.0715. The van der Waals surface area contributed by atoms with Crippen LogP contribution in [0, 0.1) is 5.82 Å². The fourth-order valence-electron chi connectivity index (χ4n) is 1.58. The summed E-state index contributed by atoms with van der Waals surface area (Å²) in [5, 5.41) is 0. The van der Waals surface area contributed by atoms with Crippen LogP contribution in [0.25, 0.3) is 0 Å². The van der Waals surface area contributed by atoms with Crippen LogP contribution >= 0.6 is 0 Å². The molecule has 1 amide bonds. The van der Waals surface area contributed by atoms with Crippen LogP contribution in [0.1, 0.15) is 29.6 Å². The summed E-state index contributed by atoms with van der Waals surface area (Å²) in [5.41, 5.74) is 5.92. The van der Waals surface area contributed by atoms with E-state index < -0.39 is 0 Å². The van der Waals surface area contributed by atoms with Crippen LogP contribution in [0.5, 0.6) is 0 Å². The van der Waals surface area contributed by atoms with E-state index in [0.29, 0.717) is 18.7 Å². The number of nitrogens with zero attached hydrogens (tertiary/aromatic N) is 1. The predicted molar refractivity (Wildman–Crippen MR) is 66.3 cm³/mol. The van der Waals surface area contributed by atoms with Crippen molar-refractivity contribution in [2.75, 3.05) is 20.1 Å². The maximum absolute atomic E-state index is 12.7. The number of benzene rings is 1. The molecule has 0 saturated carbocycles. The third kappa shape index (κ3) is 4.53. The Bertz CT molecular complexity index is 351. The largest absolute Gasteiger partial charge is 0.342 e. The molecule has 0 aromatic heterocycles. The number of carbonyl (C=O) groups is 1. The van der Waals surface area contributed by atoms with Crippen LogP contribution in [-0.2, 0) is 0 Å². The Labute approximate surface area is 101 Å². The standard InChI is InChI=1S/C13H19FN2O/c1-16(10-4-2-3-9-15)13(17)11-5-7-12(14)8-6-11/h5-8H,2-4,9-10,15H2,1H3. The molecular weight excluding hydrogens is 219 g/mol. The summed E-state index contributed by atoms with van der Waals surface area (Å²) in [7, 11) is 1.76. The van der Waals surface area contributed by atoms with Crippen LogP contribution in [0.4, 0.5) is 4.39 Å². The maximum atomic E-state index is 12.7. The van der Waals surface area contributed by atoms with Gasteiger partial charge in [0.2, 0.25) is 0 Å². The molecule has 0 aliphatic heterocycles. The van der Waals surface area contributed by atoms with E-state index in [1.54, 1.807) is 11.9 Å². The van der Waals surface area contributed by atoms with Crippen LogP contribution in [0.3, 0.4) is 0 Å². The van der Waals surface area contributed by atoms with Crippen molar-refractivity contribution >= 4 is 5.91 Å². The molecule has 1 aromatic rings. The Balaban J connectivity index is 2.43. The van der Waals surface area contributed by atoms with Gasteiger partial charge in [-0.2, -0.15) is 0 Å². The minimum atomic E-state index is -0.327. The van der Waals surface area contributed by atoms with Crippen LogP contribution < -0.4 is 5.73 Å². The lowest BCUT2D eigenvalue weighted by Gasteiger charge is -2.17. The first kappa shape index (κ1) is 13.6. The SMILES string of the molecule is CN(CCCCCN)C(=O)c1ccc(F)cc1. The Morgan fingerprint density at radius 1 is 1.24 bits per heavy atom. The second-order valence-corrected chi connectivity index (χ2v) is 4.08. The average molecular weight is 238 g/mol. The fourth-order valence-corrected chi connectivity index (χ4v) is 1.58. The highest BCUT2D eigenvalue weighted by atomic mass is 19.1. The smallest absolute Gasteiger partial charge is 0.253 e. The molecule has 0 bridgehead atoms. The van der Waals surface area contributed by atoms with Gasteiger partial charge in [0.25, 0.3) is 5.91 Å². The number of rotatable bonds is 6. The van der Waals surface area contributed by atoms with Crippen molar-refractivity contribution in [1.82, 2.24) is 4.90 Å². The quantitative estimate of drug-likeness (QED) is 0.771. The van der Waals surface area contributed by atoms with Gasteiger partial charge in [0.05, 0.1) is 0 Å². The third-order valence-corrected chi connectivity index (χ3v) is 2.64. The van der Waals surface area contributed by atoms with Gasteiger partial charge >= 0.3 is 0 Å². The van der Waals surface area contributed by atoms with Gasteiger partial charge in [0.1, 0.15) is 5.82 Å². The van der Waals surface area contributed by atoms with Crippen LogP contribution in [0.15, 0.2) is 24.3 Å². The van der Waals surface area contributed by atoms with E-state index in [2.05, 4.69) is 0 Å². The van der Waals surface area contributed by atoms with Crippen molar-refractivity contribution in [2.24, 2.45) is 5.73 Å². The van der Waals surface area contributed by atoms with Gasteiger partial charge in [-0.05, 0) is 43.7 Å². The number of unbranched alkanes of at least 4 members (excludes halogenated alkanes) is 2. The molecule has 17 heavy (non-hydrogen) atoms. The first-order chi connectivity index (χ1) is 8.15. The maximum Gasteiger partial charge on any atom is 0.253 e. The van der Waals surface area contributed by atoms with Gasteiger partial charge in [-0.1, -0.05) is 6.42 Å². The van der Waals surface area contributed by atoms with E-state index in [1.165, 1.54) is 24.3 Å². The van der Waals surface area contributed by atoms with Crippen molar-refractivity contribution in [3.05, 3.63) is 35.6 Å². The zero-order chi connectivity index (χ0) is 12.7. The number of hydrogen-bond acceptors (Lipinski definition) is 2. The van der Waals surface area contributed by atoms with Crippen molar-refractivity contribution < 1.29 is 9.18 Å². The van der Waals surface area contributed by atoms with Crippen molar-refractivity contribution in [2.45, 2.75) is 19.3 Å². The molecule has 1 aromatic carbocycles. The molecule has 0 heterocycles. The Morgan fingerprint density at radius 2 is 1.88 bits per heavy atom. The van der Waals surface area contributed by atoms with Crippen molar-refractivity contribution in [1.29, 1.82) is 0 Å². The summed E-state index contributed by atoms with van der Waals surface area (Å²) >= 11 is 0. The third-order valence-electron chi connectivity index (χ3n) is 2.64. The second-order valence-electron chi connectivity index (χ2n) is 4.08. The average Bonchev–Trinajstić information content (AvgIpc) is 2.34. The molecule has 0 fully saturated rings. The summed E-state index contributed by atoms with van der Waals surface area (Å²) in [4.78, 5) is 13.6. The Morgan fingerprint density at radius 3 is 2.47 bits per heavy atom. The number of halogens is 1. The van der Waals surface area contributed by atoms with Gasteiger partial charge in [0.15, 0.2) is 0 Å². The van der Waals surface area contributed by atoms with E-state index in [1.807, 2.05) is 0 Å². The topological polar surface area (TPSA) is 46.3 Å². The molecule has 0 atom stereocenters. The van der Waals surface area contributed by atoms with Crippen LogP contribution in [0.2, 0.25) is 0 Å². The molecule has 4 heteroatoms. The molecular formula is C13H19FN2O. The van der Waals surface area contributed by atoms with Crippen molar-refractivity contribution in [3.8, 4) is 0 Å². The normalized spacial score (nSPS) is 10.3. The molecule has 0 radical (unpaired) electrons. The molecule has 0 spiro atoms. The molecule has 1 rings (SSSR count). The van der Waals surface area contributed by atoms with Gasteiger partial charge in [-0.15, -0.1) is 0 Å². The highest BCUT2D eigenvalue weighted by Gasteiger charge is 2.10. The summed E-state index contributed by atoms with van der Waals surface area (Å²) in [6.45, 7) is 1.39. The lowest BCUT2D eigenvalue weighted by atomic mass is 10.2. The van der Waals surface area contributed by atoms with Crippen LogP contribution in [-0.4, -0.2) is 30.9 Å². The van der Waals surface area contributed by atoms with Gasteiger partial charge in [-0.3, -0.25) is 4.79 Å². The van der Waals surface area contributed by atoms with E-state index in [9.17, 15) is 9.18 Å². The highest BCUT2D eigenvalue weighted by molar-refractivity contribution is 5.93. The monoisotopic (exact) mass is 238 g/mol. The summed E-state index contributed by atoms with van der Waals surface area (Å²) < 4.78 is 12.7. The van der Waals surface area contributed by atoms with E-state index in [-0.39, 0.29) is 11.7 Å². The molecule has 3 nitrogen and oxygen atoms in total. The summed E-state index contributed by atoms with van der Waals surface area (Å²) in [6.07, 6.45) is 2.96. The van der Waals surface area contributed by atoms with E-state index in [0.717, 1.165) is 19.3 Å². The van der Waals surface area contributed by atoms with Crippen molar-refractivity contribution in [3.63, 3.8) is 0 Å². The molecule has 94 valence electrons. The van der Waals surface area contributed by atoms with E-state index >= 15 is 0 Å². The number of hydrogen-bond donors (Lipinski definition) is 1. The first-order valence-corrected chi connectivity index (χ1v) is 5.86. The molecule has 2 N–H and O–H groups in total. The molecule has 0 aliphatic rings. The molecule has 0 aliphatic carbocycles. The number of nitrogens with two attached hydrogens (primary N) is 1. The number of amides is 1. The Kier molecular flexibility index (Phi) is 5.63. The van der Waals surface area contributed by atoms with Gasteiger partial charge in [-0.25, -0.2) is 4.39 Å².